The van der Waals surface area contributed by atoms with Crippen molar-refractivity contribution in [2.45, 2.75) is 33.7 Å². The maximum Gasteiger partial charge on any atom is 0.195 e. The van der Waals surface area contributed by atoms with Crippen LogP contribution in [0.15, 0.2) is 11.6 Å². The van der Waals surface area contributed by atoms with E-state index in [0.717, 1.165) is 43.4 Å². The van der Waals surface area contributed by atoms with E-state index in [9.17, 15) is 0 Å². The fraction of sp³-hybridized carbons (Fsp3) is 0.667. The molecule has 0 unspecified atom stereocenters. The number of nitrogens with zero attached hydrogens (tertiary/aromatic N) is 3. The van der Waals surface area contributed by atoms with Crippen molar-refractivity contribution in [3.8, 4) is 0 Å². The minimum atomic E-state index is 0.222. The van der Waals surface area contributed by atoms with E-state index in [-0.39, 0.29) is 6.61 Å². The Morgan fingerprint density at radius 3 is 2.95 bits per heavy atom. The smallest absolute Gasteiger partial charge is 0.195 e. The molecule has 0 saturated heterocycles. The van der Waals surface area contributed by atoms with Gasteiger partial charge in [0.2, 0.25) is 0 Å². The zero-order valence-electron chi connectivity index (χ0n) is 13.2. The van der Waals surface area contributed by atoms with Crippen molar-refractivity contribution in [2.75, 3.05) is 31.1 Å². The van der Waals surface area contributed by atoms with Crippen LogP contribution >= 0.6 is 11.3 Å². The standard InChI is InChI=1S/C15H26N4OS/c1-4-18(6-5-8-20)14-13(11-16-10-12(2)3)19-7-9-21-15(19)17-14/h7,9,12,16,20H,4-6,8,10-11H2,1-3H3. The molecule has 2 aromatic heterocycles. The minimum absolute atomic E-state index is 0.222. The SMILES string of the molecule is CCN(CCCO)c1nc2sccn2c1CNCC(C)C. The van der Waals surface area contributed by atoms with Gasteiger partial charge in [0, 0.05) is 37.8 Å². The summed E-state index contributed by atoms with van der Waals surface area (Å²) in [5.74, 6) is 1.69. The van der Waals surface area contributed by atoms with Crippen molar-refractivity contribution in [3.05, 3.63) is 17.3 Å². The van der Waals surface area contributed by atoms with Crippen LogP contribution in [0.5, 0.6) is 0 Å². The molecule has 118 valence electrons. The summed E-state index contributed by atoms with van der Waals surface area (Å²) in [6.45, 7) is 10.3. The molecule has 0 saturated carbocycles. The number of thiazole rings is 1. The van der Waals surface area contributed by atoms with Crippen LogP contribution < -0.4 is 10.2 Å². The highest BCUT2D eigenvalue weighted by atomic mass is 32.1. The molecule has 21 heavy (non-hydrogen) atoms. The molecule has 0 atom stereocenters. The Morgan fingerprint density at radius 1 is 1.48 bits per heavy atom. The second-order valence-electron chi connectivity index (χ2n) is 5.62. The molecule has 0 aromatic carbocycles. The van der Waals surface area contributed by atoms with Crippen molar-refractivity contribution in [2.24, 2.45) is 5.92 Å². The lowest BCUT2D eigenvalue weighted by Gasteiger charge is -2.22. The zero-order valence-corrected chi connectivity index (χ0v) is 14.0. The first-order valence-electron chi connectivity index (χ1n) is 7.68. The largest absolute Gasteiger partial charge is 0.396 e. The minimum Gasteiger partial charge on any atom is -0.396 e. The zero-order chi connectivity index (χ0) is 15.2. The molecule has 0 spiro atoms. The number of hydrogen-bond donors (Lipinski definition) is 2. The summed E-state index contributed by atoms with van der Waals surface area (Å²) in [6, 6.07) is 0. The number of fused-ring (bicyclic) bond motifs is 1. The number of aromatic nitrogens is 2. The average molecular weight is 310 g/mol. The number of nitrogens with one attached hydrogen (secondary N) is 1. The van der Waals surface area contributed by atoms with Gasteiger partial charge in [-0.2, -0.15) is 0 Å². The molecule has 0 bridgehead atoms. The number of imidazole rings is 1. The number of aliphatic hydroxyl groups is 1. The van der Waals surface area contributed by atoms with Gasteiger partial charge in [0.25, 0.3) is 0 Å². The van der Waals surface area contributed by atoms with Gasteiger partial charge in [0.1, 0.15) is 0 Å². The lowest BCUT2D eigenvalue weighted by Crippen LogP contribution is -2.28. The Morgan fingerprint density at radius 2 is 2.29 bits per heavy atom. The van der Waals surface area contributed by atoms with E-state index < -0.39 is 0 Å². The topological polar surface area (TPSA) is 52.8 Å². The third-order valence-electron chi connectivity index (χ3n) is 3.45. The van der Waals surface area contributed by atoms with Gasteiger partial charge < -0.3 is 15.3 Å². The molecular formula is C15H26N4OS. The molecule has 0 aliphatic carbocycles. The van der Waals surface area contributed by atoms with Crippen molar-refractivity contribution in [3.63, 3.8) is 0 Å². The quantitative estimate of drug-likeness (QED) is 0.746. The lowest BCUT2D eigenvalue weighted by molar-refractivity contribution is 0.289. The normalized spacial score (nSPS) is 11.7. The van der Waals surface area contributed by atoms with Gasteiger partial charge in [-0.05, 0) is 25.8 Å². The molecule has 6 heteroatoms. The third kappa shape index (κ3) is 3.96. The molecular weight excluding hydrogens is 284 g/mol. The van der Waals surface area contributed by atoms with Crippen LogP contribution in [0.3, 0.4) is 0 Å². The van der Waals surface area contributed by atoms with Gasteiger partial charge in [-0.1, -0.05) is 13.8 Å². The second kappa shape index (κ2) is 7.77. The maximum atomic E-state index is 9.07. The van der Waals surface area contributed by atoms with Gasteiger partial charge in [-0.3, -0.25) is 4.40 Å². The monoisotopic (exact) mass is 310 g/mol. The molecule has 0 aliphatic rings. The average Bonchev–Trinajstić information content (AvgIpc) is 3.02. The second-order valence-corrected chi connectivity index (χ2v) is 6.49. The summed E-state index contributed by atoms with van der Waals surface area (Å²) >= 11 is 1.66. The predicted octanol–water partition coefficient (Wildman–Crippen LogP) is 2.35. The summed E-state index contributed by atoms with van der Waals surface area (Å²) in [5.41, 5.74) is 1.21. The summed E-state index contributed by atoms with van der Waals surface area (Å²) in [5, 5.41) is 14.7. The molecule has 0 aliphatic heterocycles. The lowest BCUT2D eigenvalue weighted by atomic mass is 10.2. The number of hydrogen-bond acceptors (Lipinski definition) is 5. The molecule has 2 rings (SSSR count). The van der Waals surface area contributed by atoms with E-state index in [0.29, 0.717) is 5.92 Å². The Kier molecular flexibility index (Phi) is 6.02. The number of aliphatic hydroxyl groups excluding tert-OH is 1. The van der Waals surface area contributed by atoms with Gasteiger partial charge in [-0.25, -0.2) is 4.98 Å². The van der Waals surface area contributed by atoms with E-state index in [2.05, 4.69) is 47.0 Å². The number of rotatable bonds is 9. The molecule has 0 fully saturated rings. The van der Waals surface area contributed by atoms with Crippen LogP contribution in [-0.4, -0.2) is 40.7 Å². The van der Waals surface area contributed by atoms with Crippen molar-refractivity contribution >= 4 is 22.1 Å². The Balaban J connectivity index is 2.21. The summed E-state index contributed by atoms with van der Waals surface area (Å²) in [6.07, 6.45) is 2.86. The van der Waals surface area contributed by atoms with E-state index in [1.165, 1.54) is 5.69 Å². The summed E-state index contributed by atoms with van der Waals surface area (Å²) in [7, 11) is 0. The van der Waals surface area contributed by atoms with Gasteiger partial charge >= 0.3 is 0 Å². The molecule has 0 amide bonds. The fourth-order valence-electron chi connectivity index (χ4n) is 2.39. The Hall–Kier alpha value is -1.11. The first-order chi connectivity index (χ1) is 10.2. The highest BCUT2D eigenvalue weighted by Crippen LogP contribution is 2.24. The van der Waals surface area contributed by atoms with E-state index in [1.54, 1.807) is 11.3 Å². The highest BCUT2D eigenvalue weighted by molar-refractivity contribution is 7.15. The van der Waals surface area contributed by atoms with Gasteiger partial charge in [0.05, 0.1) is 5.69 Å². The van der Waals surface area contributed by atoms with Gasteiger partial charge in [0.15, 0.2) is 10.8 Å². The summed E-state index contributed by atoms with van der Waals surface area (Å²) < 4.78 is 2.18. The maximum absolute atomic E-state index is 9.07. The molecule has 2 N–H and O–H groups in total. The third-order valence-corrected chi connectivity index (χ3v) is 4.21. The molecule has 0 radical (unpaired) electrons. The van der Waals surface area contributed by atoms with Gasteiger partial charge in [-0.15, -0.1) is 11.3 Å². The predicted molar refractivity (Wildman–Crippen MR) is 89.2 cm³/mol. The molecule has 2 heterocycles. The van der Waals surface area contributed by atoms with E-state index in [1.807, 2.05) is 0 Å². The van der Waals surface area contributed by atoms with Crippen molar-refractivity contribution in [1.29, 1.82) is 0 Å². The highest BCUT2D eigenvalue weighted by Gasteiger charge is 2.17. The van der Waals surface area contributed by atoms with Crippen LogP contribution in [0, 0.1) is 5.92 Å². The number of anilines is 1. The van der Waals surface area contributed by atoms with E-state index in [4.69, 9.17) is 10.1 Å². The van der Waals surface area contributed by atoms with Crippen LogP contribution in [0.2, 0.25) is 0 Å². The van der Waals surface area contributed by atoms with Crippen LogP contribution in [0.25, 0.3) is 4.96 Å². The summed E-state index contributed by atoms with van der Waals surface area (Å²) in [4.78, 5) is 8.07. The van der Waals surface area contributed by atoms with Crippen LogP contribution in [0.1, 0.15) is 32.9 Å². The molecule has 2 aromatic rings. The first-order valence-corrected chi connectivity index (χ1v) is 8.56. The van der Waals surface area contributed by atoms with Crippen LogP contribution in [-0.2, 0) is 6.54 Å². The van der Waals surface area contributed by atoms with Crippen molar-refractivity contribution < 1.29 is 5.11 Å². The Labute approximate surface area is 130 Å². The Bertz CT molecular complexity index is 549. The first kappa shape index (κ1) is 16.3. The van der Waals surface area contributed by atoms with E-state index >= 15 is 0 Å². The fourth-order valence-corrected chi connectivity index (χ4v) is 3.12. The van der Waals surface area contributed by atoms with Crippen LogP contribution in [0.4, 0.5) is 5.82 Å². The van der Waals surface area contributed by atoms with Crippen molar-refractivity contribution in [1.82, 2.24) is 14.7 Å². The molecule has 5 nitrogen and oxygen atoms in total.